The normalized spacial score (nSPS) is 16.7. The number of rotatable bonds is 6. The average molecular weight is 251 g/mol. The third-order valence-electron chi connectivity index (χ3n) is 3.45. The van der Waals surface area contributed by atoms with E-state index in [2.05, 4.69) is 11.8 Å². The first kappa shape index (κ1) is 13.3. The second kappa shape index (κ2) is 5.70. The number of anilines is 1. The molecule has 0 spiro atoms. The fourth-order valence-corrected chi connectivity index (χ4v) is 2.34. The van der Waals surface area contributed by atoms with E-state index in [1.807, 2.05) is 0 Å². The van der Waals surface area contributed by atoms with Crippen LogP contribution in [0, 0.1) is 11.7 Å². The molecular formula is C15H22FNO. The maximum atomic E-state index is 13.3. The number of hydrogen-bond donors (Lipinski definition) is 1. The third-order valence-corrected chi connectivity index (χ3v) is 3.45. The molecule has 3 heteroatoms. The first-order valence-electron chi connectivity index (χ1n) is 6.84. The van der Waals surface area contributed by atoms with Crippen LogP contribution in [-0.4, -0.2) is 18.2 Å². The number of hydrogen-bond acceptors (Lipinski definition) is 2. The van der Waals surface area contributed by atoms with Gasteiger partial charge in [0.1, 0.15) is 5.82 Å². The topological polar surface area (TPSA) is 23.5 Å². The Kier molecular flexibility index (Phi) is 4.23. The van der Waals surface area contributed by atoms with Crippen molar-refractivity contribution in [2.75, 3.05) is 18.0 Å². The lowest BCUT2D eigenvalue weighted by atomic mass is 10.1. The molecule has 1 aliphatic rings. The quantitative estimate of drug-likeness (QED) is 0.836. The Balaban J connectivity index is 2.26. The number of aliphatic hydroxyl groups excluding tert-OH is 1. The molecule has 1 aromatic rings. The number of halogens is 1. The van der Waals surface area contributed by atoms with Crippen molar-refractivity contribution in [3.05, 3.63) is 29.6 Å². The molecule has 2 rings (SSSR count). The molecule has 1 aromatic carbocycles. The number of nitrogens with zero attached hydrogens (tertiary/aromatic N) is 1. The Labute approximate surface area is 108 Å². The van der Waals surface area contributed by atoms with Crippen molar-refractivity contribution < 1.29 is 9.50 Å². The second-order valence-corrected chi connectivity index (χ2v) is 5.27. The lowest BCUT2D eigenvalue weighted by Gasteiger charge is -2.27. The lowest BCUT2D eigenvalue weighted by Crippen LogP contribution is -2.28. The fraction of sp³-hybridized carbons (Fsp3) is 0.600. The summed E-state index contributed by atoms with van der Waals surface area (Å²) in [6.45, 7) is 5.83. The molecule has 0 aromatic heterocycles. The summed E-state index contributed by atoms with van der Waals surface area (Å²) in [4.78, 5) is 2.29. The zero-order valence-electron chi connectivity index (χ0n) is 11.2. The molecule has 1 aliphatic carbocycles. The van der Waals surface area contributed by atoms with Gasteiger partial charge in [-0.25, -0.2) is 4.39 Å². The van der Waals surface area contributed by atoms with Crippen LogP contribution in [0.4, 0.5) is 10.1 Å². The van der Waals surface area contributed by atoms with Crippen LogP contribution in [0.3, 0.4) is 0 Å². The fourth-order valence-electron chi connectivity index (χ4n) is 2.34. The van der Waals surface area contributed by atoms with Gasteiger partial charge in [0, 0.05) is 24.3 Å². The van der Waals surface area contributed by atoms with Crippen LogP contribution in [0.15, 0.2) is 18.2 Å². The van der Waals surface area contributed by atoms with Crippen LogP contribution in [0.2, 0.25) is 0 Å². The van der Waals surface area contributed by atoms with Crippen molar-refractivity contribution >= 4 is 5.69 Å². The standard InChI is InChI=1S/C15H22FNO/c1-3-8-17(10-12-4-5-12)15-7-6-13(16)9-14(15)11(2)18/h6-7,9,11-12,18H,3-5,8,10H2,1-2H3/t11-/m0/s1. The van der Waals surface area contributed by atoms with Crippen molar-refractivity contribution in [2.24, 2.45) is 5.92 Å². The SMILES string of the molecule is CCCN(CC1CC1)c1ccc(F)cc1[C@H](C)O. The summed E-state index contributed by atoms with van der Waals surface area (Å²) >= 11 is 0. The maximum Gasteiger partial charge on any atom is 0.123 e. The van der Waals surface area contributed by atoms with Gasteiger partial charge >= 0.3 is 0 Å². The Morgan fingerprint density at radius 1 is 1.44 bits per heavy atom. The molecule has 1 saturated carbocycles. The van der Waals surface area contributed by atoms with Gasteiger partial charge in [-0.15, -0.1) is 0 Å². The lowest BCUT2D eigenvalue weighted by molar-refractivity contribution is 0.199. The van der Waals surface area contributed by atoms with Gasteiger partial charge in [-0.2, -0.15) is 0 Å². The minimum absolute atomic E-state index is 0.280. The molecule has 18 heavy (non-hydrogen) atoms. The van der Waals surface area contributed by atoms with Crippen LogP contribution in [-0.2, 0) is 0 Å². The number of aliphatic hydroxyl groups is 1. The van der Waals surface area contributed by atoms with Crippen molar-refractivity contribution in [3.63, 3.8) is 0 Å². The van der Waals surface area contributed by atoms with Gasteiger partial charge in [-0.1, -0.05) is 6.92 Å². The van der Waals surface area contributed by atoms with Gasteiger partial charge in [-0.05, 0) is 50.3 Å². The van der Waals surface area contributed by atoms with E-state index in [1.165, 1.54) is 25.0 Å². The first-order valence-corrected chi connectivity index (χ1v) is 6.84. The van der Waals surface area contributed by atoms with Crippen molar-refractivity contribution in [1.82, 2.24) is 0 Å². The van der Waals surface area contributed by atoms with Crippen molar-refractivity contribution in [3.8, 4) is 0 Å². The minimum atomic E-state index is -0.630. The van der Waals surface area contributed by atoms with Crippen molar-refractivity contribution in [1.29, 1.82) is 0 Å². The van der Waals surface area contributed by atoms with Crippen LogP contribution in [0.1, 0.15) is 44.8 Å². The first-order chi connectivity index (χ1) is 8.61. The van der Waals surface area contributed by atoms with E-state index in [1.54, 1.807) is 13.0 Å². The maximum absolute atomic E-state index is 13.3. The van der Waals surface area contributed by atoms with Gasteiger partial charge in [0.25, 0.3) is 0 Å². The predicted octanol–water partition coefficient (Wildman–Crippen LogP) is 3.51. The third kappa shape index (κ3) is 3.22. The van der Waals surface area contributed by atoms with Crippen LogP contribution >= 0.6 is 0 Å². The highest BCUT2D eigenvalue weighted by molar-refractivity contribution is 5.55. The largest absolute Gasteiger partial charge is 0.389 e. The molecule has 100 valence electrons. The van der Waals surface area contributed by atoms with E-state index in [0.29, 0.717) is 5.56 Å². The van der Waals surface area contributed by atoms with Gasteiger partial charge in [0.05, 0.1) is 6.10 Å². The Morgan fingerprint density at radius 3 is 2.72 bits per heavy atom. The molecule has 1 atom stereocenters. The summed E-state index contributed by atoms with van der Waals surface area (Å²) in [5.74, 6) is 0.501. The summed E-state index contributed by atoms with van der Waals surface area (Å²) < 4.78 is 13.3. The highest BCUT2D eigenvalue weighted by atomic mass is 19.1. The summed E-state index contributed by atoms with van der Waals surface area (Å²) in [6, 6.07) is 4.74. The molecule has 1 N–H and O–H groups in total. The highest BCUT2D eigenvalue weighted by Gasteiger charge is 2.25. The Morgan fingerprint density at radius 2 is 2.17 bits per heavy atom. The summed E-state index contributed by atoms with van der Waals surface area (Å²) in [7, 11) is 0. The van der Waals surface area contributed by atoms with Gasteiger partial charge in [0.15, 0.2) is 0 Å². The Bertz CT molecular complexity index is 401. The zero-order valence-corrected chi connectivity index (χ0v) is 11.2. The molecule has 0 bridgehead atoms. The highest BCUT2D eigenvalue weighted by Crippen LogP contribution is 2.34. The smallest absolute Gasteiger partial charge is 0.123 e. The monoisotopic (exact) mass is 251 g/mol. The van der Waals surface area contributed by atoms with E-state index < -0.39 is 6.10 Å². The van der Waals surface area contributed by atoms with Gasteiger partial charge in [-0.3, -0.25) is 0 Å². The molecule has 0 unspecified atom stereocenters. The number of benzene rings is 1. The Hall–Kier alpha value is -1.09. The van der Waals surface area contributed by atoms with Crippen molar-refractivity contribution in [2.45, 2.75) is 39.2 Å². The molecule has 1 fully saturated rings. The second-order valence-electron chi connectivity index (χ2n) is 5.27. The molecule has 0 heterocycles. The van der Waals surface area contributed by atoms with E-state index >= 15 is 0 Å². The molecule has 2 nitrogen and oxygen atoms in total. The summed E-state index contributed by atoms with van der Waals surface area (Å²) in [5.41, 5.74) is 1.68. The van der Waals surface area contributed by atoms with E-state index in [-0.39, 0.29) is 5.82 Å². The molecule has 0 aliphatic heterocycles. The molecular weight excluding hydrogens is 229 g/mol. The molecule has 0 saturated heterocycles. The van der Waals surface area contributed by atoms with Gasteiger partial charge < -0.3 is 10.0 Å². The summed E-state index contributed by atoms with van der Waals surface area (Å²) in [6.07, 6.45) is 3.02. The average Bonchev–Trinajstić information content (AvgIpc) is 3.12. The molecule has 0 amide bonds. The van der Waals surface area contributed by atoms with E-state index in [0.717, 1.165) is 31.1 Å². The van der Waals surface area contributed by atoms with Crippen LogP contribution in [0.5, 0.6) is 0 Å². The summed E-state index contributed by atoms with van der Waals surface area (Å²) in [5, 5.41) is 9.80. The predicted molar refractivity (Wildman–Crippen MR) is 72.3 cm³/mol. The van der Waals surface area contributed by atoms with Crippen LogP contribution < -0.4 is 4.90 Å². The molecule has 0 radical (unpaired) electrons. The zero-order chi connectivity index (χ0) is 13.1. The van der Waals surface area contributed by atoms with Crippen LogP contribution in [0.25, 0.3) is 0 Å². The van der Waals surface area contributed by atoms with E-state index in [4.69, 9.17) is 0 Å². The van der Waals surface area contributed by atoms with Gasteiger partial charge in [0.2, 0.25) is 0 Å². The minimum Gasteiger partial charge on any atom is -0.389 e. The van der Waals surface area contributed by atoms with E-state index in [9.17, 15) is 9.50 Å².